The minimum atomic E-state index is -1.12. The zero-order valence-corrected chi connectivity index (χ0v) is 16.2. The van der Waals surface area contributed by atoms with Crippen LogP contribution in [0.2, 0.25) is 0 Å². The van der Waals surface area contributed by atoms with Crippen LogP contribution in [0.5, 0.6) is 5.75 Å². The summed E-state index contributed by atoms with van der Waals surface area (Å²) in [6, 6.07) is 3.93. The highest BCUT2D eigenvalue weighted by Crippen LogP contribution is 2.42. The largest absolute Gasteiger partial charge is 0.507 e. The Kier molecular flexibility index (Phi) is 4.16. The molecular weight excluding hydrogens is 316 g/mol. The zero-order chi connectivity index (χ0) is 18.6. The lowest BCUT2D eigenvalue weighted by molar-refractivity contribution is -0.664. The molecule has 0 fully saturated rings. The number of ether oxygens (including phenoxy) is 1. The third-order valence-corrected chi connectivity index (χ3v) is 5.20. The van der Waals surface area contributed by atoms with E-state index < -0.39 is 5.72 Å². The Labute approximate surface area is 150 Å². The molecule has 5 nitrogen and oxygen atoms in total. The number of phenolic OH excluding ortho intramolecular Hbond substituents is 1. The van der Waals surface area contributed by atoms with Crippen molar-refractivity contribution in [2.75, 3.05) is 26.3 Å². The number of hydrogen-bond acceptors (Lipinski definition) is 4. The minimum absolute atomic E-state index is 0.222. The van der Waals surface area contributed by atoms with Gasteiger partial charge in [0.2, 0.25) is 0 Å². The van der Waals surface area contributed by atoms with Gasteiger partial charge in [-0.25, -0.2) is 4.58 Å². The summed E-state index contributed by atoms with van der Waals surface area (Å²) in [5, 5.41) is 25.7. The molecule has 0 aliphatic carbocycles. The SMILES string of the molecule is CC(C)(C)c1cc([C@]2(O)CNC3=[N+]2CCOC3)cc(C(C)(C)C)c1O. The first-order valence-electron chi connectivity index (χ1n) is 9.00. The van der Waals surface area contributed by atoms with Gasteiger partial charge in [0, 0.05) is 16.7 Å². The molecule has 2 heterocycles. The number of aromatic hydroxyl groups is 1. The van der Waals surface area contributed by atoms with Crippen LogP contribution in [0.25, 0.3) is 0 Å². The molecule has 1 aromatic rings. The van der Waals surface area contributed by atoms with Gasteiger partial charge in [0.25, 0.3) is 11.6 Å². The third kappa shape index (κ3) is 3.04. The second-order valence-electron chi connectivity index (χ2n) is 9.24. The summed E-state index contributed by atoms with van der Waals surface area (Å²) in [5.74, 6) is 1.26. The van der Waals surface area contributed by atoms with E-state index in [0.717, 1.165) is 22.5 Å². The Bertz CT molecular complexity index is 690. The third-order valence-electron chi connectivity index (χ3n) is 5.20. The Hall–Kier alpha value is -1.59. The van der Waals surface area contributed by atoms with Gasteiger partial charge in [-0.1, -0.05) is 41.5 Å². The van der Waals surface area contributed by atoms with E-state index in [1.54, 1.807) is 0 Å². The van der Waals surface area contributed by atoms with E-state index in [4.69, 9.17) is 4.74 Å². The number of β-amino-alcohol motifs (C(OH)–C–C–N with tert-alkyl or cyclic N) is 1. The molecule has 3 N–H and O–H groups in total. The molecule has 2 aliphatic heterocycles. The average Bonchev–Trinajstić information content (AvgIpc) is 2.84. The maximum absolute atomic E-state index is 11.5. The highest BCUT2D eigenvalue weighted by Gasteiger charge is 2.49. The van der Waals surface area contributed by atoms with Crippen LogP contribution in [0.3, 0.4) is 0 Å². The fourth-order valence-electron chi connectivity index (χ4n) is 3.68. The normalized spacial score (nSPS) is 24.3. The van der Waals surface area contributed by atoms with Crippen molar-refractivity contribution in [1.82, 2.24) is 5.32 Å². The van der Waals surface area contributed by atoms with Crippen molar-refractivity contribution in [3.05, 3.63) is 28.8 Å². The van der Waals surface area contributed by atoms with Gasteiger partial charge in [-0.2, -0.15) is 0 Å². The van der Waals surface area contributed by atoms with Crippen LogP contribution in [-0.2, 0) is 21.3 Å². The van der Waals surface area contributed by atoms with Crippen LogP contribution >= 0.6 is 0 Å². The average molecular weight is 347 g/mol. The summed E-state index contributed by atoms with van der Waals surface area (Å²) in [4.78, 5) is 0. The first kappa shape index (κ1) is 18.2. The van der Waals surface area contributed by atoms with Crippen molar-refractivity contribution in [3.63, 3.8) is 0 Å². The van der Waals surface area contributed by atoms with Gasteiger partial charge in [-0.15, -0.1) is 0 Å². The quantitative estimate of drug-likeness (QED) is 0.682. The van der Waals surface area contributed by atoms with E-state index in [2.05, 4.69) is 46.9 Å². The number of aliphatic hydroxyl groups is 1. The number of rotatable bonds is 1. The van der Waals surface area contributed by atoms with Gasteiger partial charge in [-0.05, 0) is 23.0 Å². The molecule has 0 spiro atoms. The molecule has 0 amide bonds. The van der Waals surface area contributed by atoms with E-state index in [-0.39, 0.29) is 10.8 Å². The Morgan fingerprint density at radius 3 is 2.16 bits per heavy atom. The molecule has 1 atom stereocenters. The molecule has 1 aromatic carbocycles. The molecule has 2 aliphatic rings. The summed E-state index contributed by atoms with van der Waals surface area (Å²) in [6.45, 7) is 14.7. The Balaban J connectivity index is 2.22. The number of nitrogens with zero attached hydrogens (tertiary/aromatic N) is 1. The standard InChI is InChI=1S/C20H30N2O3/c1-18(2,3)14-9-13(10-15(17(14)23)19(4,5)6)20(24)12-21-16-11-25-8-7-22(16)20/h9-10,23-24H,7-8,11-12H2,1-6H3/p+1/t20-/m1/s1. The predicted octanol–water partition coefficient (Wildman–Crippen LogP) is 2.18. The maximum atomic E-state index is 11.5. The highest BCUT2D eigenvalue weighted by atomic mass is 16.5. The lowest BCUT2D eigenvalue weighted by Gasteiger charge is -2.31. The lowest BCUT2D eigenvalue weighted by atomic mass is 9.77. The summed E-state index contributed by atoms with van der Waals surface area (Å²) < 4.78 is 7.50. The zero-order valence-electron chi connectivity index (χ0n) is 16.2. The number of nitrogens with one attached hydrogen (secondary N) is 1. The smallest absolute Gasteiger partial charge is 0.274 e. The number of phenols is 1. The first-order valence-corrected chi connectivity index (χ1v) is 9.00. The summed E-state index contributed by atoms with van der Waals surface area (Å²) >= 11 is 0. The molecule has 25 heavy (non-hydrogen) atoms. The van der Waals surface area contributed by atoms with E-state index in [9.17, 15) is 10.2 Å². The summed E-state index contributed by atoms with van der Waals surface area (Å²) in [7, 11) is 0. The lowest BCUT2D eigenvalue weighted by Crippen LogP contribution is -2.44. The van der Waals surface area contributed by atoms with Crippen LogP contribution < -0.4 is 5.32 Å². The maximum Gasteiger partial charge on any atom is 0.274 e. The molecule has 0 saturated heterocycles. The first-order chi connectivity index (χ1) is 11.4. The molecule has 0 bridgehead atoms. The van der Waals surface area contributed by atoms with Gasteiger partial charge >= 0.3 is 0 Å². The fraction of sp³-hybridized carbons (Fsp3) is 0.650. The van der Waals surface area contributed by atoms with Gasteiger partial charge in [0.1, 0.15) is 18.9 Å². The van der Waals surface area contributed by atoms with Crippen molar-refractivity contribution < 1.29 is 19.5 Å². The highest BCUT2D eigenvalue weighted by molar-refractivity contribution is 5.80. The van der Waals surface area contributed by atoms with Crippen molar-refractivity contribution in [2.45, 2.75) is 58.1 Å². The van der Waals surface area contributed by atoms with Crippen molar-refractivity contribution in [2.24, 2.45) is 0 Å². The van der Waals surface area contributed by atoms with Crippen molar-refractivity contribution in [1.29, 1.82) is 0 Å². The van der Waals surface area contributed by atoms with E-state index in [0.29, 0.717) is 32.1 Å². The topological polar surface area (TPSA) is 64.7 Å². The number of amidine groups is 1. The molecule has 3 rings (SSSR count). The van der Waals surface area contributed by atoms with Crippen LogP contribution in [0.4, 0.5) is 0 Å². The Morgan fingerprint density at radius 1 is 1.08 bits per heavy atom. The van der Waals surface area contributed by atoms with Crippen LogP contribution in [-0.4, -0.2) is 46.9 Å². The number of benzene rings is 1. The van der Waals surface area contributed by atoms with Crippen molar-refractivity contribution >= 4 is 5.84 Å². The molecular formula is C20H31N2O3+. The fourth-order valence-corrected chi connectivity index (χ4v) is 3.68. The van der Waals surface area contributed by atoms with Crippen LogP contribution in [0.1, 0.15) is 58.2 Å². The second kappa shape index (κ2) is 5.71. The van der Waals surface area contributed by atoms with Gasteiger partial charge in [0.05, 0.1) is 6.61 Å². The molecule has 5 heteroatoms. The predicted molar refractivity (Wildman–Crippen MR) is 98.4 cm³/mol. The van der Waals surface area contributed by atoms with Crippen LogP contribution in [0.15, 0.2) is 12.1 Å². The summed E-state index contributed by atoms with van der Waals surface area (Å²) in [6.07, 6.45) is 0. The van der Waals surface area contributed by atoms with E-state index in [1.807, 2.05) is 16.7 Å². The van der Waals surface area contributed by atoms with Gasteiger partial charge in [-0.3, -0.25) is 5.32 Å². The Morgan fingerprint density at radius 2 is 1.64 bits per heavy atom. The molecule has 0 aromatic heterocycles. The summed E-state index contributed by atoms with van der Waals surface area (Å²) in [5.41, 5.74) is 0.993. The van der Waals surface area contributed by atoms with E-state index in [1.165, 1.54) is 0 Å². The monoisotopic (exact) mass is 347 g/mol. The second-order valence-corrected chi connectivity index (χ2v) is 9.24. The molecule has 138 valence electrons. The van der Waals surface area contributed by atoms with Crippen molar-refractivity contribution in [3.8, 4) is 5.75 Å². The molecule has 0 saturated carbocycles. The number of hydrogen-bond donors (Lipinski definition) is 3. The van der Waals surface area contributed by atoms with Crippen LogP contribution in [0, 0.1) is 0 Å². The molecule has 0 radical (unpaired) electrons. The van der Waals surface area contributed by atoms with Gasteiger partial charge in [0.15, 0.2) is 6.54 Å². The molecule has 0 unspecified atom stereocenters. The minimum Gasteiger partial charge on any atom is -0.507 e. The van der Waals surface area contributed by atoms with Gasteiger partial charge < -0.3 is 14.9 Å². The van der Waals surface area contributed by atoms with E-state index >= 15 is 0 Å².